The van der Waals surface area contributed by atoms with Crippen LogP contribution in [0.1, 0.15) is 32.1 Å². The van der Waals surface area contributed by atoms with Crippen molar-refractivity contribution >= 4 is 38.2 Å². The molecule has 0 spiro atoms. The molecule has 1 aliphatic carbocycles. The number of nitrogens with two attached hydrogens (primary N) is 1. The summed E-state index contributed by atoms with van der Waals surface area (Å²) in [6, 6.07) is 11.6. The van der Waals surface area contributed by atoms with Gasteiger partial charge in [0.1, 0.15) is 22.9 Å². The molecule has 2 fully saturated rings. The van der Waals surface area contributed by atoms with Crippen LogP contribution in [-0.2, 0) is 14.8 Å². The van der Waals surface area contributed by atoms with Crippen molar-refractivity contribution in [3.63, 3.8) is 0 Å². The molecule has 0 radical (unpaired) electrons. The lowest BCUT2D eigenvalue weighted by molar-refractivity contribution is 0.122. The average Bonchev–Trinajstić information content (AvgIpc) is 3.54. The predicted molar refractivity (Wildman–Crippen MR) is 166 cm³/mol. The van der Waals surface area contributed by atoms with Gasteiger partial charge in [-0.3, -0.25) is 9.11 Å². The number of nitrogens with zero attached hydrogens (tertiary/aromatic N) is 4. The molecule has 232 valence electrons. The zero-order valence-electron chi connectivity index (χ0n) is 24.1. The van der Waals surface area contributed by atoms with Gasteiger partial charge in [-0.2, -0.15) is 0 Å². The van der Waals surface area contributed by atoms with Crippen LogP contribution in [0.15, 0.2) is 48.7 Å². The van der Waals surface area contributed by atoms with Gasteiger partial charge in [0.2, 0.25) is 10.0 Å². The number of anilines is 3. The second-order valence-corrected chi connectivity index (χ2v) is 12.8. The fourth-order valence-electron chi connectivity index (χ4n) is 5.60. The highest BCUT2D eigenvalue weighted by molar-refractivity contribution is 7.92. The maximum Gasteiger partial charge on any atom is 0.232 e. The summed E-state index contributed by atoms with van der Waals surface area (Å²) in [6.45, 7) is 1.45. The van der Waals surface area contributed by atoms with Gasteiger partial charge in [-0.15, -0.1) is 0 Å². The Morgan fingerprint density at radius 3 is 2.59 bits per heavy atom. The van der Waals surface area contributed by atoms with Gasteiger partial charge in [-0.1, -0.05) is 12.1 Å². The maximum atomic E-state index is 16.0. The number of aromatic nitrogens is 3. The molecule has 3 N–H and O–H groups in total. The Balaban J connectivity index is 1.53. The number of benzene rings is 2. The number of hydrogen-bond acceptors (Lipinski definition) is 9. The fraction of sp³-hybridized carbons (Fsp3) is 0.387. The van der Waals surface area contributed by atoms with Crippen LogP contribution in [0.4, 0.5) is 26.1 Å². The Hall–Kier alpha value is -4.10. The van der Waals surface area contributed by atoms with Gasteiger partial charge < -0.3 is 20.1 Å². The van der Waals surface area contributed by atoms with Crippen molar-refractivity contribution in [2.45, 2.75) is 38.2 Å². The van der Waals surface area contributed by atoms with Crippen LogP contribution in [0.25, 0.3) is 33.4 Å². The number of morpholine rings is 1. The van der Waals surface area contributed by atoms with Gasteiger partial charge in [0, 0.05) is 35.8 Å². The van der Waals surface area contributed by atoms with E-state index in [-0.39, 0.29) is 23.8 Å². The van der Waals surface area contributed by atoms with E-state index in [1.54, 1.807) is 30.5 Å². The Kier molecular flexibility index (Phi) is 8.76. The quantitative estimate of drug-likeness (QED) is 0.240. The van der Waals surface area contributed by atoms with Crippen molar-refractivity contribution < 1.29 is 26.7 Å². The third-order valence-corrected chi connectivity index (χ3v) is 9.18. The molecule has 2 aromatic carbocycles. The first-order chi connectivity index (χ1) is 21.3. The molecular formula is C31H34F2N6O4S. The number of nitrogen functional groups attached to an aromatic ring is 1. The Morgan fingerprint density at radius 2 is 1.86 bits per heavy atom. The number of halogens is 2. The van der Waals surface area contributed by atoms with Crippen molar-refractivity contribution in [3.8, 4) is 28.3 Å². The summed E-state index contributed by atoms with van der Waals surface area (Å²) in [7, 11) is -3.94. The molecule has 44 heavy (non-hydrogen) atoms. The van der Waals surface area contributed by atoms with Gasteiger partial charge in [0.15, 0.2) is 11.6 Å². The first-order valence-corrected chi connectivity index (χ1v) is 16.4. The molecule has 0 unspecified atom stereocenters. The highest BCUT2D eigenvalue weighted by atomic mass is 32.2. The molecule has 6 rings (SSSR count). The van der Waals surface area contributed by atoms with Crippen molar-refractivity contribution in [1.29, 1.82) is 0 Å². The monoisotopic (exact) mass is 624 g/mol. The number of fused-ring (bicyclic) bond motifs is 1. The van der Waals surface area contributed by atoms with E-state index in [1.807, 2.05) is 12.1 Å². The molecular weight excluding hydrogens is 590 g/mol. The molecule has 0 bridgehead atoms. The number of ether oxygens (including phenoxy) is 2. The second kappa shape index (κ2) is 12.9. The van der Waals surface area contributed by atoms with Crippen molar-refractivity contribution in [2.24, 2.45) is 0 Å². The van der Waals surface area contributed by atoms with Gasteiger partial charge in [0.25, 0.3) is 0 Å². The van der Waals surface area contributed by atoms with Gasteiger partial charge in [0.05, 0.1) is 37.4 Å². The lowest BCUT2D eigenvalue weighted by Gasteiger charge is -2.29. The summed E-state index contributed by atoms with van der Waals surface area (Å²) in [6.07, 6.45) is 5.33. The Bertz CT molecular complexity index is 1740. The highest BCUT2D eigenvalue weighted by Gasteiger charge is 2.25. The highest BCUT2D eigenvalue weighted by Crippen LogP contribution is 2.40. The zero-order valence-corrected chi connectivity index (χ0v) is 25.0. The SMILES string of the molecule is Nc1ccc(-c2nc(N3CCOCC3)c3cc(-c4cccc(NS(=O)(=O)CCCF)c4F)cc(OC4CCCC4)c3n2)cn1. The van der Waals surface area contributed by atoms with E-state index in [0.717, 1.165) is 25.7 Å². The average molecular weight is 625 g/mol. The number of rotatable bonds is 10. The third-order valence-electron chi connectivity index (χ3n) is 7.82. The second-order valence-electron chi connectivity index (χ2n) is 11.0. The fourth-order valence-corrected chi connectivity index (χ4v) is 6.68. The van der Waals surface area contributed by atoms with Gasteiger partial charge in [-0.25, -0.2) is 27.8 Å². The van der Waals surface area contributed by atoms with E-state index in [9.17, 15) is 12.8 Å². The van der Waals surface area contributed by atoms with Crippen LogP contribution >= 0.6 is 0 Å². The number of hydrogen-bond donors (Lipinski definition) is 2. The van der Waals surface area contributed by atoms with Gasteiger partial charge in [-0.05, 0) is 68.0 Å². The summed E-state index contributed by atoms with van der Waals surface area (Å²) in [5, 5.41) is 0.665. The smallest absolute Gasteiger partial charge is 0.232 e. The first-order valence-electron chi connectivity index (χ1n) is 14.7. The van der Waals surface area contributed by atoms with E-state index < -0.39 is 28.3 Å². The molecule has 0 amide bonds. The molecule has 1 saturated carbocycles. The summed E-state index contributed by atoms with van der Waals surface area (Å²) in [5.74, 6) is 0.763. The minimum absolute atomic E-state index is 0.0182. The summed E-state index contributed by atoms with van der Waals surface area (Å²) >= 11 is 0. The summed E-state index contributed by atoms with van der Waals surface area (Å²) < 4.78 is 68.0. The minimum atomic E-state index is -3.94. The normalized spacial score (nSPS) is 16.0. The maximum absolute atomic E-state index is 16.0. The van der Waals surface area contributed by atoms with E-state index >= 15 is 4.39 Å². The number of pyridine rings is 1. The first kappa shape index (κ1) is 29.9. The standard InChI is InChI=1S/C31H34F2N6O4S/c32-11-4-16-44(40,41)38-25-8-3-7-23(28(25)33)21-17-24-29(26(18-21)43-22-5-1-2-6-22)36-30(20-9-10-27(34)35-19-20)37-31(24)39-12-14-42-15-13-39/h3,7-10,17-19,22,38H,1-2,4-6,11-16H2,(H2,34,35). The molecule has 0 atom stereocenters. The van der Waals surface area contributed by atoms with Crippen LogP contribution in [0.2, 0.25) is 0 Å². The lowest BCUT2D eigenvalue weighted by atomic mass is 10.0. The summed E-state index contributed by atoms with van der Waals surface area (Å²) in [5.41, 5.74) is 7.53. The van der Waals surface area contributed by atoms with Crippen LogP contribution in [0.3, 0.4) is 0 Å². The van der Waals surface area contributed by atoms with Crippen molar-refractivity contribution in [1.82, 2.24) is 15.0 Å². The van der Waals surface area contributed by atoms with Crippen LogP contribution < -0.4 is 20.1 Å². The van der Waals surface area contributed by atoms with Crippen molar-refractivity contribution in [2.75, 3.05) is 54.1 Å². The van der Waals surface area contributed by atoms with E-state index in [1.165, 1.54) is 6.07 Å². The van der Waals surface area contributed by atoms with Crippen LogP contribution in [-0.4, -0.2) is 68.2 Å². The molecule has 10 nitrogen and oxygen atoms in total. The molecule has 13 heteroatoms. The number of nitrogens with one attached hydrogen (secondary N) is 1. The minimum Gasteiger partial charge on any atom is -0.488 e. The Morgan fingerprint density at radius 1 is 1.07 bits per heavy atom. The largest absolute Gasteiger partial charge is 0.488 e. The number of sulfonamides is 1. The zero-order chi connectivity index (χ0) is 30.7. The molecule has 1 saturated heterocycles. The Labute approximate surface area is 254 Å². The van der Waals surface area contributed by atoms with E-state index in [0.29, 0.717) is 71.5 Å². The van der Waals surface area contributed by atoms with E-state index in [2.05, 4.69) is 14.6 Å². The number of alkyl halides is 1. The van der Waals surface area contributed by atoms with Crippen LogP contribution in [0.5, 0.6) is 5.75 Å². The molecule has 1 aliphatic heterocycles. The molecule has 3 heterocycles. The summed E-state index contributed by atoms with van der Waals surface area (Å²) in [4.78, 5) is 16.2. The third kappa shape index (κ3) is 6.53. The van der Waals surface area contributed by atoms with E-state index in [4.69, 9.17) is 25.2 Å². The molecule has 2 aromatic heterocycles. The molecule has 4 aromatic rings. The van der Waals surface area contributed by atoms with Crippen molar-refractivity contribution in [3.05, 3.63) is 54.5 Å². The van der Waals surface area contributed by atoms with Crippen LogP contribution in [0, 0.1) is 5.82 Å². The van der Waals surface area contributed by atoms with Gasteiger partial charge >= 0.3 is 0 Å². The topological polar surface area (TPSA) is 133 Å². The molecule has 2 aliphatic rings. The predicted octanol–water partition coefficient (Wildman–Crippen LogP) is 5.34. The lowest BCUT2D eigenvalue weighted by Crippen LogP contribution is -2.37.